The molecule has 0 aliphatic heterocycles. The van der Waals surface area contributed by atoms with Crippen LogP contribution >= 0.6 is 11.6 Å². The SMILES string of the molecule is CC(O)c1ccc(Cl)nc1F. The molecule has 0 saturated carbocycles. The molecule has 0 amide bonds. The van der Waals surface area contributed by atoms with Gasteiger partial charge in [-0.15, -0.1) is 0 Å². The van der Waals surface area contributed by atoms with Gasteiger partial charge in [0.15, 0.2) is 0 Å². The number of nitrogens with zero attached hydrogens (tertiary/aromatic N) is 1. The highest BCUT2D eigenvalue weighted by molar-refractivity contribution is 6.29. The van der Waals surface area contributed by atoms with Gasteiger partial charge in [0, 0.05) is 5.56 Å². The van der Waals surface area contributed by atoms with E-state index in [0.29, 0.717) is 0 Å². The van der Waals surface area contributed by atoms with E-state index in [1.165, 1.54) is 19.1 Å². The van der Waals surface area contributed by atoms with Crippen LogP contribution in [0.2, 0.25) is 5.15 Å². The summed E-state index contributed by atoms with van der Waals surface area (Å²) in [6.07, 6.45) is -0.847. The molecule has 0 spiro atoms. The maximum atomic E-state index is 12.7. The van der Waals surface area contributed by atoms with E-state index in [9.17, 15) is 4.39 Å². The first-order valence-electron chi connectivity index (χ1n) is 3.11. The smallest absolute Gasteiger partial charge is 0.220 e. The van der Waals surface area contributed by atoms with Gasteiger partial charge in [-0.05, 0) is 19.1 Å². The van der Waals surface area contributed by atoms with E-state index in [1.807, 2.05) is 0 Å². The molecule has 0 bridgehead atoms. The normalized spacial score (nSPS) is 13.1. The fourth-order valence-corrected chi connectivity index (χ4v) is 0.872. The summed E-state index contributed by atoms with van der Waals surface area (Å²) in [5, 5.41) is 9.06. The quantitative estimate of drug-likeness (QED) is 0.662. The summed E-state index contributed by atoms with van der Waals surface area (Å²) in [5.41, 5.74) is 0.161. The first-order valence-corrected chi connectivity index (χ1v) is 3.49. The molecule has 0 fully saturated rings. The van der Waals surface area contributed by atoms with Crippen LogP contribution in [0.1, 0.15) is 18.6 Å². The third-order valence-electron chi connectivity index (χ3n) is 1.29. The average molecular weight is 176 g/mol. The second-order valence-corrected chi connectivity index (χ2v) is 2.58. The van der Waals surface area contributed by atoms with Gasteiger partial charge in [0.05, 0.1) is 6.10 Å². The van der Waals surface area contributed by atoms with Gasteiger partial charge in [-0.25, -0.2) is 4.98 Å². The lowest BCUT2D eigenvalue weighted by atomic mass is 10.2. The Morgan fingerprint density at radius 3 is 2.73 bits per heavy atom. The third-order valence-corrected chi connectivity index (χ3v) is 1.50. The lowest BCUT2D eigenvalue weighted by Crippen LogP contribution is -1.97. The number of aliphatic hydroxyl groups excluding tert-OH is 1. The van der Waals surface area contributed by atoms with E-state index in [-0.39, 0.29) is 10.7 Å². The molecule has 0 aliphatic rings. The van der Waals surface area contributed by atoms with Crippen LogP contribution in [0.4, 0.5) is 4.39 Å². The van der Waals surface area contributed by atoms with Crippen molar-refractivity contribution in [2.45, 2.75) is 13.0 Å². The number of rotatable bonds is 1. The molecule has 1 unspecified atom stereocenters. The van der Waals surface area contributed by atoms with Crippen molar-refractivity contribution in [3.05, 3.63) is 28.8 Å². The fourth-order valence-electron chi connectivity index (χ4n) is 0.735. The standard InChI is InChI=1S/C7H7ClFNO/c1-4(11)5-2-3-6(8)10-7(5)9/h2-4,11H,1H3. The van der Waals surface area contributed by atoms with Gasteiger partial charge < -0.3 is 5.11 Å². The minimum Gasteiger partial charge on any atom is -0.389 e. The maximum Gasteiger partial charge on any atom is 0.220 e. The van der Waals surface area contributed by atoms with Crippen LogP contribution < -0.4 is 0 Å². The van der Waals surface area contributed by atoms with Crippen LogP contribution in [0.15, 0.2) is 12.1 Å². The Morgan fingerprint density at radius 2 is 2.27 bits per heavy atom. The van der Waals surface area contributed by atoms with Gasteiger partial charge in [-0.3, -0.25) is 0 Å². The molecule has 1 atom stereocenters. The lowest BCUT2D eigenvalue weighted by Gasteiger charge is -2.03. The highest BCUT2D eigenvalue weighted by atomic mass is 35.5. The molecule has 60 valence electrons. The Bertz CT molecular complexity index is 265. The van der Waals surface area contributed by atoms with E-state index in [0.717, 1.165) is 0 Å². The molecule has 0 saturated heterocycles. The molecule has 0 radical (unpaired) electrons. The summed E-state index contributed by atoms with van der Waals surface area (Å²) in [6, 6.07) is 2.85. The number of pyridine rings is 1. The van der Waals surface area contributed by atoms with Gasteiger partial charge in [0.1, 0.15) is 5.15 Å². The second-order valence-electron chi connectivity index (χ2n) is 2.19. The van der Waals surface area contributed by atoms with Crippen LogP contribution in [0.5, 0.6) is 0 Å². The van der Waals surface area contributed by atoms with E-state index in [4.69, 9.17) is 16.7 Å². The second kappa shape index (κ2) is 3.15. The minimum atomic E-state index is -0.847. The van der Waals surface area contributed by atoms with Gasteiger partial charge >= 0.3 is 0 Å². The predicted octanol–water partition coefficient (Wildman–Crippen LogP) is 1.93. The van der Waals surface area contributed by atoms with Crippen molar-refractivity contribution in [2.75, 3.05) is 0 Å². The minimum absolute atomic E-state index is 0.0897. The van der Waals surface area contributed by atoms with Crippen LogP contribution in [0.25, 0.3) is 0 Å². The average Bonchev–Trinajstić information content (AvgIpc) is 1.85. The van der Waals surface area contributed by atoms with Gasteiger partial charge in [-0.2, -0.15) is 4.39 Å². The van der Waals surface area contributed by atoms with Crippen molar-refractivity contribution in [2.24, 2.45) is 0 Å². The topological polar surface area (TPSA) is 33.1 Å². The number of hydrogen-bond donors (Lipinski definition) is 1. The van der Waals surface area contributed by atoms with Gasteiger partial charge in [0.25, 0.3) is 0 Å². The van der Waals surface area contributed by atoms with E-state index >= 15 is 0 Å². The zero-order chi connectivity index (χ0) is 8.43. The highest BCUT2D eigenvalue weighted by Crippen LogP contribution is 2.16. The molecule has 1 heterocycles. The summed E-state index contributed by atoms with van der Waals surface area (Å²) >= 11 is 5.39. The Balaban J connectivity index is 3.09. The summed E-state index contributed by atoms with van der Waals surface area (Å²) in [4.78, 5) is 3.33. The zero-order valence-electron chi connectivity index (χ0n) is 5.88. The van der Waals surface area contributed by atoms with Crippen molar-refractivity contribution >= 4 is 11.6 Å². The number of aliphatic hydroxyl groups is 1. The molecule has 1 aromatic rings. The van der Waals surface area contributed by atoms with Gasteiger partial charge in [0.2, 0.25) is 5.95 Å². The van der Waals surface area contributed by atoms with Crippen molar-refractivity contribution in [3.8, 4) is 0 Å². The molecule has 11 heavy (non-hydrogen) atoms. The predicted molar refractivity (Wildman–Crippen MR) is 39.8 cm³/mol. The van der Waals surface area contributed by atoms with Crippen molar-refractivity contribution in [3.63, 3.8) is 0 Å². The first-order chi connectivity index (χ1) is 5.11. The summed E-state index contributed by atoms with van der Waals surface area (Å²) < 4.78 is 12.7. The number of hydrogen-bond acceptors (Lipinski definition) is 2. The summed E-state index contributed by atoms with van der Waals surface area (Å²) in [6.45, 7) is 1.47. The fraction of sp³-hybridized carbons (Fsp3) is 0.286. The maximum absolute atomic E-state index is 12.7. The monoisotopic (exact) mass is 175 g/mol. The Labute approximate surface area is 68.6 Å². The summed E-state index contributed by atoms with van der Waals surface area (Å²) in [5.74, 6) is -0.715. The molecular formula is C7H7ClFNO. The third kappa shape index (κ3) is 1.88. The van der Waals surface area contributed by atoms with Crippen LogP contribution in [0, 0.1) is 5.95 Å². The van der Waals surface area contributed by atoms with E-state index < -0.39 is 12.1 Å². The largest absolute Gasteiger partial charge is 0.389 e. The Morgan fingerprint density at radius 1 is 1.64 bits per heavy atom. The molecule has 2 nitrogen and oxygen atoms in total. The molecule has 0 aromatic carbocycles. The highest BCUT2D eigenvalue weighted by Gasteiger charge is 2.08. The van der Waals surface area contributed by atoms with Crippen molar-refractivity contribution < 1.29 is 9.50 Å². The number of aromatic nitrogens is 1. The molecule has 1 aromatic heterocycles. The van der Waals surface area contributed by atoms with E-state index in [2.05, 4.69) is 4.98 Å². The zero-order valence-corrected chi connectivity index (χ0v) is 6.64. The lowest BCUT2D eigenvalue weighted by molar-refractivity contribution is 0.193. The Hall–Kier alpha value is -0.670. The molecule has 0 aliphatic carbocycles. The van der Waals surface area contributed by atoms with Gasteiger partial charge in [-0.1, -0.05) is 11.6 Å². The molecule has 4 heteroatoms. The molecular weight excluding hydrogens is 169 g/mol. The van der Waals surface area contributed by atoms with Crippen LogP contribution in [-0.4, -0.2) is 10.1 Å². The van der Waals surface area contributed by atoms with E-state index in [1.54, 1.807) is 0 Å². The molecule has 1 rings (SSSR count). The molecule has 1 N–H and O–H groups in total. The van der Waals surface area contributed by atoms with Crippen molar-refractivity contribution in [1.29, 1.82) is 0 Å². The first kappa shape index (κ1) is 8.43. The Kier molecular flexibility index (Phi) is 2.42. The van der Waals surface area contributed by atoms with Crippen LogP contribution in [0.3, 0.4) is 0 Å². The number of halogens is 2. The summed E-state index contributed by atoms with van der Waals surface area (Å²) in [7, 11) is 0. The van der Waals surface area contributed by atoms with Crippen LogP contribution in [-0.2, 0) is 0 Å². The van der Waals surface area contributed by atoms with Crippen molar-refractivity contribution in [1.82, 2.24) is 4.98 Å².